The molecule has 4 nitrogen and oxygen atoms in total. The van der Waals surface area contributed by atoms with Gasteiger partial charge in [-0.25, -0.2) is 5.32 Å². The second-order valence-corrected chi connectivity index (χ2v) is 2.92. The van der Waals surface area contributed by atoms with Gasteiger partial charge in [0.1, 0.15) is 6.61 Å². The summed E-state index contributed by atoms with van der Waals surface area (Å²) >= 11 is 0. The third kappa shape index (κ3) is 4.05. The zero-order chi connectivity index (χ0) is 9.52. The SMILES string of the molecule is C=CCOC(=O)CN1CC[N]CC1. The molecule has 1 radical (unpaired) electrons. The molecule has 1 rings (SSSR count). The number of hydrogen-bond acceptors (Lipinski definition) is 3. The van der Waals surface area contributed by atoms with Crippen LogP contribution in [0, 0.1) is 0 Å². The summed E-state index contributed by atoms with van der Waals surface area (Å²) in [5.74, 6) is -0.179. The van der Waals surface area contributed by atoms with Crippen LogP contribution in [-0.4, -0.2) is 50.2 Å². The molecule has 4 heteroatoms. The van der Waals surface area contributed by atoms with Crippen LogP contribution >= 0.6 is 0 Å². The van der Waals surface area contributed by atoms with E-state index in [1.807, 2.05) is 0 Å². The molecule has 1 aliphatic heterocycles. The molecule has 0 spiro atoms. The lowest BCUT2D eigenvalue weighted by Gasteiger charge is -2.24. The van der Waals surface area contributed by atoms with Gasteiger partial charge >= 0.3 is 5.97 Å². The third-order valence-electron chi connectivity index (χ3n) is 1.86. The molecular weight excluding hydrogens is 168 g/mol. The number of carbonyl (C=O) groups is 1. The van der Waals surface area contributed by atoms with E-state index >= 15 is 0 Å². The van der Waals surface area contributed by atoms with Gasteiger partial charge in [0.15, 0.2) is 0 Å². The van der Waals surface area contributed by atoms with Crippen molar-refractivity contribution in [1.82, 2.24) is 10.2 Å². The zero-order valence-corrected chi connectivity index (χ0v) is 7.74. The lowest BCUT2D eigenvalue weighted by molar-refractivity contribution is -0.143. The van der Waals surface area contributed by atoms with E-state index in [2.05, 4.69) is 16.8 Å². The predicted octanol–water partition coefficient (Wildman–Crippen LogP) is -0.364. The lowest BCUT2D eigenvalue weighted by Crippen LogP contribution is -2.43. The quantitative estimate of drug-likeness (QED) is 0.441. The van der Waals surface area contributed by atoms with E-state index in [1.165, 1.54) is 0 Å². The molecule has 0 unspecified atom stereocenters. The van der Waals surface area contributed by atoms with E-state index < -0.39 is 0 Å². The summed E-state index contributed by atoms with van der Waals surface area (Å²) in [6.07, 6.45) is 1.57. The molecule has 1 aliphatic rings. The van der Waals surface area contributed by atoms with Gasteiger partial charge in [0.2, 0.25) is 0 Å². The van der Waals surface area contributed by atoms with Gasteiger partial charge in [-0.05, 0) is 0 Å². The molecule has 13 heavy (non-hydrogen) atoms. The molecule has 1 fully saturated rings. The number of ether oxygens (including phenoxy) is 1. The standard InChI is InChI=1S/C9H15N2O2/c1-2-7-13-9(12)8-11-5-3-10-4-6-11/h2H,1,3-8H2. The first-order chi connectivity index (χ1) is 6.33. The van der Waals surface area contributed by atoms with Crippen LogP contribution in [0.1, 0.15) is 0 Å². The summed E-state index contributed by atoms with van der Waals surface area (Å²) in [5, 5.41) is 4.19. The fraction of sp³-hybridized carbons (Fsp3) is 0.667. The molecule has 1 heterocycles. The highest BCUT2D eigenvalue weighted by molar-refractivity contribution is 5.71. The third-order valence-corrected chi connectivity index (χ3v) is 1.86. The molecule has 0 aromatic carbocycles. The minimum Gasteiger partial charge on any atom is -0.461 e. The summed E-state index contributed by atoms with van der Waals surface area (Å²) in [6.45, 7) is 7.54. The Morgan fingerprint density at radius 1 is 1.54 bits per heavy atom. The lowest BCUT2D eigenvalue weighted by atomic mass is 10.3. The maximum Gasteiger partial charge on any atom is 0.320 e. The van der Waals surface area contributed by atoms with Gasteiger partial charge in [-0.2, -0.15) is 0 Å². The Morgan fingerprint density at radius 2 is 2.23 bits per heavy atom. The van der Waals surface area contributed by atoms with Crippen molar-refractivity contribution in [3.05, 3.63) is 12.7 Å². The fourth-order valence-corrected chi connectivity index (χ4v) is 1.19. The molecular formula is C9H15N2O2. The first-order valence-electron chi connectivity index (χ1n) is 4.45. The molecule has 0 N–H and O–H groups in total. The van der Waals surface area contributed by atoms with Crippen LogP contribution < -0.4 is 5.32 Å². The Balaban J connectivity index is 2.14. The highest BCUT2D eigenvalue weighted by Gasteiger charge is 2.14. The zero-order valence-electron chi connectivity index (χ0n) is 7.74. The van der Waals surface area contributed by atoms with Crippen molar-refractivity contribution < 1.29 is 9.53 Å². The van der Waals surface area contributed by atoms with Gasteiger partial charge in [0.05, 0.1) is 6.54 Å². The molecule has 0 amide bonds. The average Bonchev–Trinajstić information content (AvgIpc) is 2.16. The first kappa shape index (κ1) is 10.2. The van der Waals surface area contributed by atoms with Crippen LogP contribution in [0.3, 0.4) is 0 Å². The summed E-state index contributed by atoms with van der Waals surface area (Å²) in [5.41, 5.74) is 0. The Kier molecular flexibility index (Phi) is 4.49. The number of rotatable bonds is 4. The average molecular weight is 183 g/mol. The number of hydrogen-bond donors (Lipinski definition) is 0. The Morgan fingerprint density at radius 3 is 2.85 bits per heavy atom. The van der Waals surface area contributed by atoms with Crippen molar-refractivity contribution >= 4 is 5.97 Å². The van der Waals surface area contributed by atoms with Crippen LogP contribution in [0.2, 0.25) is 0 Å². The van der Waals surface area contributed by atoms with Crippen molar-refractivity contribution in [2.24, 2.45) is 0 Å². The largest absolute Gasteiger partial charge is 0.461 e. The molecule has 0 atom stereocenters. The molecule has 0 aromatic rings. The summed E-state index contributed by atoms with van der Waals surface area (Å²) in [4.78, 5) is 13.2. The molecule has 73 valence electrons. The van der Waals surface area contributed by atoms with Crippen molar-refractivity contribution in [1.29, 1.82) is 0 Å². The van der Waals surface area contributed by atoms with Crippen LogP contribution in [0.4, 0.5) is 0 Å². The first-order valence-corrected chi connectivity index (χ1v) is 4.45. The minimum absolute atomic E-state index is 0.179. The van der Waals surface area contributed by atoms with Crippen LogP contribution in [0.15, 0.2) is 12.7 Å². The monoisotopic (exact) mass is 183 g/mol. The van der Waals surface area contributed by atoms with E-state index in [1.54, 1.807) is 6.08 Å². The van der Waals surface area contributed by atoms with Crippen LogP contribution in [-0.2, 0) is 9.53 Å². The maximum absolute atomic E-state index is 11.1. The molecule has 1 saturated heterocycles. The number of nitrogens with zero attached hydrogens (tertiary/aromatic N) is 2. The number of esters is 1. The van der Waals surface area contributed by atoms with Crippen molar-refractivity contribution in [3.63, 3.8) is 0 Å². The van der Waals surface area contributed by atoms with Crippen LogP contribution in [0.25, 0.3) is 0 Å². The maximum atomic E-state index is 11.1. The van der Waals surface area contributed by atoms with Crippen LogP contribution in [0.5, 0.6) is 0 Å². The van der Waals surface area contributed by atoms with Gasteiger partial charge < -0.3 is 4.74 Å². The van der Waals surface area contributed by atoms with Gasteiger partial charge in [0, 0.05) is 26.2 Å². The Bertz CT molecular complexity index is 176. The van der Waals surface area contributed by atoms with Crippen molar-refractivity contribution in [2.75, 3.05) is 39.3 Å². The molecule has 0 bridgehead atoms. The molecule has 0 aromatic heterocycles. The topological polar surface area (TPSA) is 43.6 Å². The second kappa shape index (κ2) is 5.72. The molecule has 0 saturated carbocycles. The smallest absolute Gasteiger partial charge is 0.320 e. The van der Waals surface area contributed by atoms with E-state index in [0.717, 1.165) is 26.2 Å². The van der Waals surface area contributed by atoms with E-state index in [9.17, 15) is 4.79 Å². The minimum atomic E-state index is -0.179. The second-order valence-electron chi connectivity index (χ2n) is 2.92. The summed E-state index contributed by atoms with van der Waals surface area (Å²) in [7, 11) is 0. The van der Waals surface area contributed by atoms with E-state index in [-0.39, 0.29) is 5.97 Å². The highest BCUT2D eigenvalue weighted by atomic mass is 16.5. The Labute approximate surface area is 78.5 Å². The predicted molar refractivity (Wildman–Crippen MR) is 49.5 cm³/mol. The summed E-state index contributed by atoms with van der Waals surface area (Å²) < 4.78 is 4.86. The molecule has 0 aliphatic carbocycles. The normalized spacial score (nSPS) is 18.2. The van der Waals surface area contributed by atoms with Crippen molar-refractivity contribution in [2.45, 2.75) is 0 Å². The number of piperazine rings is 1. The fourth-order valence-electron chi connectivity index (χ4n) is 1.19. The highest BCUT2D eigenvalue weighted by Crippen LogP contribution is 1.93. The Hall–Kier alpha value is -0.870. The van der Waals surface area contributed by atoms with Gasteiger partial charge in [-0.1, -0.05) is 12.7 Å². The van der Waals surface area contributed by atoms with Crippen molar-refractivity contribution in [3.8, 4) is 0 Å². The van der Waals surface area contributed by atoms with Gasteiger partial charge in [0.25, 0.3) is 0 Å². The van der Waals surface area contributed by atoms with Gasteiger partial charge in [-0.15, -0.1) is 0 Å². The van der Waals surface area contributed by atoms with E-state index in [0.29, 0.717) is 13.2 Å². The number of carbonyl (C=O) groups excluding carboxylic acids is 1. The summed E-state index contributed by atoms with van der Waals surface area (Å²) in [6, 6.07) is 0. The van der Waals surface area contributed by atoms with E-state index in [4.69, 9.17) is 4.74 Å². The van der Waals surface area contributed by atoms with Gasteiger partial charge in [-0.3, -0.25) is 9.69 Å².